The van der Waals surface area contributed by atoms with Gasteiger partial charge in [0.1, 0.15) is 11.4 Å². The molecule has 1 aliphatic rings. The molecule has 6 heteroatoms. The number of piperidine rings is 1. The lowest BCUT2D eigenvalue weighted by molar-refractivity contribution is -0.134. The van der Waals surface area contributed by atoms with E-state index >= 15 is 0 Å². The van der Waals surface area contributed by atoms with Crippen molar-refractivity contribution >= 4 is 39.2 Å². The van der Waals surface area contributed by atoms with Gasteiger partial charge in [-0.05, 0) is 44.6 Å². The van der Waals surface area contributed by atoms with E-state index in [1.807, 2.05) is 11.4 Å². The maximum atomic E-state index is 12.5. The molecule has 1 fully saturated rings. The molecule has 1 amide bonds. The summed E-state index contributed by atoms with van der Waals surface area (Å²) in [5.41, 5.74) is 0.963. The topological polar surface area (TPSA) is 46.1 Å². The van der Waals surface area contributed by atoms with Gasteiger partial charge in [0.2, 0.25) is 5.91 Å². The van der Waals surface area contributed by atoms with Gasteiger partial charge in [0.05, 0.1) is 16.0 Å². The van der Waals surface area contributed by atoms with Crippen LogP contribution in [0.3, 0.4) is 0 Å². The second-order valence-electron chi connectivity index (χ2n) is 5.53. The fourth-order valence-corrected chi connectivity index (χ4v) is 4.80. The summed E-state index contributed by atoms with van der Waals surface area (Å²) in [6.07, 6.45) is 5.03. The third-order valence-corrected chi connectivity index (χ3v) is 6.04. The van der Waals surface area contributed by atoms with Crippen LogP contribution in [0.5, 0.6) is 0 Å². The number of nitrogens with zero attached hydrogens (tertiary/aromatic N) is 3. The summed E-state index contributed by atoms with van der Waals surface area (Å²) in [7, 11) is 0. The van der Waals surface area contributed by atoms with Crippen LogP contribution in [0.25, 0.3) is 10.2 Å². The number of thiophene rings is 1. The number of thioether (sulfide) groups is 1. The van der Waals surface area contributed by atoms with Gasteiger partial charge in [0.15, 0.2) is 0 Å². The minimum Gasteiger partial charge on any atom is -0.337 e. The van der Waals surface area contributed by atoms with E-state index < -0.39 is 0 Å². The molecule has 0 aliphatic carbocycles. The van der Waals surface area contributed by atoms with E-state index in [9.17, 15) is 4.79 Å². The molecule has 0 bridgehead atoms. The standard InChI is InChI=1S/C15H19N3OS2/c1-10-4-3-5-11(2)18(10)13(19)8-21-15-14-12(6-7-20-14)16-9-17-15/h6-7,9-11H,3-5,8H2,1-2H3. The van der Waals surface area contributed by atoms with Crippen molar-refractivity contribution in [1.29, 1.82) is 0 Å². The third kappa shape index (κ3) is 3.06. The number of likely N-dealkylation sites (tertiary alicyclic amines) is 1. The molecule has 3 heterocycles. The largest absolute Gasteiger partial charge is 0.337 e. The zero-order valence-electron chi connectivity index (χ0n) is 12.3. The first-order valence-corrected chi connectivity index (χ1v) is 9.15. The van der Waals surface area contributed by atoms with Gasteiger partial charge in [0, 0.05) is 12.1 Å². The lowest BCUT2D eigenvalue weighted by atomic mass is 9.98. The molecule has 112 valence electrons. The van der Waals surface area contributed by atoms with Gasteiger partial charge in [-0.1, -0.05) is 11.8 Å². The van der Waals surface area contributed by atoms with Crippen molar-refractivity contribution in [3.63, 3.8) is 0 Å². The molecule has 0 saturated carbocycles. The molecule has 4 nitrogen and oxygen atoms in total. The zero-order valence-corrected chi connectivity index (χ0v) is 13.9. The van der Waals surface area contributed by atoms with E-state index in [1.165, 1.54) is 18.2 Å². The van der Waals surface area contributed by atoms with Crippen molar-refractivity contribution in [1.82, 2.24) is 14.9 Å². The van der Waals surface area contributed by atoms with E-state index in [2.05, 4.69) is 28.7 Å². The number of carbonyl (C=O) groups is 1. The van der Waals surface area contributed by atoms with E-state index in [1.54, 1.807) is 17.7 Å². The Labute approximate surface area is 133 Å². The maximum absolute atomic E-state index is 12.5. The Bertz CT molecular complexity index is 633. The number of carbonyl (C=O) groups excluding carboxylic acids is 1. The molecule has 1 aliphatic heterocycles. The highest BCUT2D eigenvalue weighted by Gasteiger charge is 2.28. The van der Waals surface area contributed by atoms with Crippen molar-refractivity contribution in [2.75, 3.05) is 5.75 Å². The highest BCUT2D eigenvalue weighted by atomic mass is 32.2. The molecule has 2 aromatic rings. The molecule has 3 rings (SSSR count). The molecule has 0 spiro atoms. The first kappa shape index (κ1) is 14.8. The van der Waals surface area contributed by atoms with Crippen LogP contribution >= 0.6 is 23.1 Å². The monoisotopic (exact) mass is 321 g/mol. The maximum Gasteiger partial charge on any atom is 0.233 e. The van der Waals surface area contributed by atoms with Crippen LogP contribution in [0.15, 0.2) is 22.8 Å². The number of hydrogen-bond donors (Lipinski definition) is 0. The van der Waals surface area contributed by atoms with Gasteiger partial charge in [-0.2, -0.15) is 0 Å². The van der Waals surface area contributed by atoms with Crippen LogP contribution in [-0.4, -0.2) is 38.6 Å². The number of fused-ring (bicyclic) bond motifs is 1. The van der Waals surface area contributed by atoms with Crippen LogP contribution in [-0.2, 0) is 4.79 Å². The van der Waals surface area contributed by atoms with Crippen molar-refractivity contribution in [3.05, 3.63) is 17.8 Å². The minimum absolute atomic E-state index is 0.225. The smallest absolute Gasteiger partial charge is 0.233 e. The number of aromatic nitrogens is 2. The van der Waals surface area contributed by atoms with E-state index in [0.29, 0.717) is 17.8 Å². The first-order valence-electron chi connectivity index (χ1n) is 7.29. The molecule has 1 saturated heterocycles. The molecule has 0 radical (unpaired) electrons. The Morgan fingerprint density at radius 3 is 2.90 bits per heavy atom. The lowest BCUT2D eigenvalue weighted by Gasteiger charge is -2.39. The Balaban J connectivity index is 1.69. The van der Waals surface area contributed by atoms with E-state index in [-0.39, 0.29) is 5.91 Å². The third-order valence-electron chi connectivity index (χ3n) is 4.02. The summed E-state index contributed by atoms with van der Waals surface area (Å²) in [5, 5.41) is 2.93. The highest BCUT2D eigenvalue weighted by Crippen LogP contribution is 2.30. The Morgan fingerprint density at radius 2 is 2.14 bits per heavy atom. The SMILES string of the molecule is CC1CCCC(C)N1C(=O)CSc1ncnc2ccsc12. The Kier molecular flexibility index (Phi) is 4.45. The number of amides is 1. The minimum atomic E-state index is 0.225. The van der Waals surface area contributed by atoms with Gasteiger partial charge in [-0.15, -0.1) is 11.3 Å². The Morgan fingerprint density at radius 1 is 1.38 bits per heavy atom. The molecular weight excluding hydrogens is 302 g/mol. The zero-order chi connectivity index (χ0) is 14.8. The summed E-state index contributed by atoms with van der Waals surface area (Å²) in [5.74, 6) is 0.682. The van der Waals surface area contributed by atoms with Crippen LogP contribution < -0.4 is 0 Å². The summed E-state index contributed by atoms with van der Waals surface area (Å²) >= 11 is 3.16. The molecule has 2 aromatic heterocycles. The quantitative estimate of drug-likeness (QED) is 0.640. The number of rotatable bonds is 3. The van der Waals surface area contributed by atoms with E-state index in [4.69, 9.17) is 0 Å². The van der Waals surface area contributed by atoms with Crippen LogP contribution in [0.1, 0.15) is 33.1 Å². The van der Waals surface area contributed by atoms with Crippen molar-refractivity contribution in [2.24, 2.45) is 0 Å². The van der Waals surface area contributed by atoms with Crippen LogP contribution in [0.2, 0.25) is 0 Å². The average molecular weight is 321 g/mol. The summed E-state index contributed by atoms with van der Waals surface area (Å²) in [4.78, 5) is 23.1. The molecular formula is C15H19N3OS2. The van der Waals surface area contributed by atoms with Crippen molar-refractivity contribution in [3.8, 4) is 0 Å². The molecule has 0 aromatic carbocycles. The second kappa shape index (κ2) is 6.32. The molecule has 2 unspecified atom stereocenters. The second-order valence-corrected chi connectivity index (χ2v) is 7.41. The Hall–Kier alpha value is -1.14. The van der Waals surface area contributed by atoms with Gasteiger partial charge in [-0.25, -0.2) is 9.97 Å². The predicted octanol–water partition coefficient (Wildman–Crippen LogP) is 3.57. The molecule has 21 heavy (non-hydrogen) atoms. The average Bonchev–Trinajstić information content (AvgIpc) is 2.93. The van der Waals surface area contributed by atoms with Crippen LogP contribution in [0.4, 0.5) is 0 Å². The van der Waals surface area contributed by atoms with Gasteiger partial charge >= 0.3 is 0 Å². The molecule has 2 atom stereocenters. The van der Waals surface area contributed by atoms with Gasteiger partial charge < -0.3 is 4.90 Å². The molecule has 0 N–H and O–H groups in total. The summed E-state index contributed by atoms with van der Waals surface area (Å²) in [6.45, 7) is 4.31. The van der Waals surface area contributed by atoms with Crippen LogP contribution in [0, 0.1) is 0 Å². The fourth-order valence-electron chi connectivity index (χ4n) is 2.99. The van der Waals surface area contributed by atoms with Gasteiger partial charge in [0.25, 0.3) is 0 Å². The normalized spacial score (nSPS) is 22.7. The lowest BCUT2D eigenvalue weighted by Crippen LogP contribution is -2.48. The summed E-state index contributed by atoms with van der Waals surface area (Å²) < 4.78 is 1.08. The van der Waals surface area contributed by atoms with E-state index in [0.717, 1.165) is 28.1 Å². The summed E-state index contributed by atoms with van der Waals surface area (Å²) in [6, 6.07) is 2.70. The van der Waals surface area contributed by atoms with Gasteiger partial charge in [-0.3, -0.25) is 4.79 Å². The van der Waals surface area contributed by atoms with Crippen molar-refractivity contribution in [2.45, 2.75) is 50.2 Å². The predicted molar refractivity (Wildman–Crippen MR) is 87.8 cm³/mol. The first-order chi connectivity index (χ1) is 10.2. The highest BCUT2D eigenvalue weighted by molar-refractivity contribution is 8.00. The fraction of sp³-hybridized carbons (Fsp3) is 0.533. The number of hydrogen-bond acceptors (Lipinski definition) is 5. The van der Waals surface area contributed by atoms with Crippen molar-refractivity contribution < 1.29 is 4.79 Å².